The molecule has 0 saturated heterocycles. The Morgan fingerprint density at radius 3 is 2.87 bits per heavy atom. The van der Waals surface area contributed by atoms with E-state index < -0.39 is 0 Å². The van der Waals surface area contributed by atoms with E-state index in [1.54, 1.807) is 0 Å². The summed E-state index contributed by atoms with van der Waals surface area (Å²) in [6.45, 7) is 6.20. The van der Waals surface area contributed by atoms with E-state index in [9.17, 15) is 0 Å². The van der Waals surface area contributed by atoms with E-state index >= 15 is 0 Å². The fraction of sp³-hybridized carbons (Fsp3) is 0.455. The standard InChI is InChI=1S/C11H15BrClNO/c1-3-15-5-4-14-11-7-10(13)8(2)6-9(11)12/h6-7,14H,3-5H2,1-2H3. The van der Waals surface area contributed by atoms with E-state index in [2.05, 4.69) is 21.2 Å². The van der Waals surface area contributed by atoms with Crippen molar-refractivity contribution in [1.82, 2.24) is 0 Å². The lowest BCUT2D eigenvalue weighted by Crippen LogP contribution is -2.09. The minimum atomic E-state index is 0.703. The molecule has 4 heteroatoms. The molecule has 0 aliphatic rings. The molecule has 1 aromatic carbocycles. The van der Waals surface area contributed by atoms with Crippen LogP contribution >= 0.6 is 27.5 Å². The summed E-state index contributed by atoms with van der Waals surface area (Å²) in [7, 11) is 0. The van der Waals surface area contributed by atoms with Gasteiger partial charge in [0.05, 0.1) is 12.3 Å². The lowest BCUT2D eigenvalue weighted by molar-refractivity contribution is 0.158. The summed E-state index contributed by atoms with van der Waals surface area (Å²) in [5, 5.41) is 4.03. The molecule has 0 radical (unpaired) electrons. The van der Waals surface area contributed by atoms with Gasteiger partial charge in [0.1, 0.15) is 0 Å². The molecule has 0 heterocycles. The number of ether oxygens (including phenoxy) is 1. The lowest BCUT2D eigenvalue weighted by atomic mass is 10.2. The van der Waals surface area contributed by atoms with Gasteiger partial charge in [0.2, 0.25) is 0 Å². The second kappa shape index (κ2) is 6.36. The minimum absolute atomic E-state index is 0.703. The van der Waals surface area contributed by atoms with Crippen molar-refractivity contribution >= 4 is 33.2 Å². The quantitative estimate of drug-likeness (QED) is 0.832. The first-order valence-corrected chi connectivity index (χ1v) is 6.09. The molecule has 0 amide bonds. The maximum atomic E-state index is 6.03. The van der Waals surface area contributed by atoms with Gasteiger partial charge in [0.15, 0.2) is 0 Å². The van der Waals surface area contributed by atoms with Crippen molar-refractivity contribution in [2.24, 2.45) is 0 Å². The van der Waals surface area contributed by atoms with Crippen LogP contribution in [0.3, 0.4) is 0 Å². The molecule has 0 fully saturated rings. The Morgan fingerprint density at radius 2 is 2.20 bits per heavy atom. The topological polar surface area (TPSA) is 21.3 Å². The van der Waals surface area contributed by atoms with Gasteiger partial charge in [-0.15, -0.1) is 0 Å². The summed E-state index contributed by atoms with van der Waals surface area (Å²) in [4.78, 5) is 0. The molecule has 1 rings (SSSR count). The SMILES string of the molecule is CCOCCNc1cc(Cl)c(C)cc1Br. The third kappa shape index (κ3) is 4.01. The molecule has 0 unspecified atom stereocenters. The largest absolute Gasteiger partial charge is 0.382 e. The Bertz CT molecular complexity index is 331. The van der Waals surface area contributed by atoms with E-state index in [-0.39, 0.29) is 0 Å². The fourth-order valence-corrected chi connectivity index (χ4v) is 1.95. The van der Waals surface area contributed by atoms with Gasteiger partial charge >= 0.3 is 0 Å². The van der Waals surface area contributed by atoms with Gasteiger partial charge < -0.3 is 10.1 Å². The Hall–Kier alpha value is -0.250. The summed E-state index contributed by atoms with van der Waals surface area (Å²) in [5.41, 5.74) is 2.07. The number of rotatable bonds is 5. The molecular weight excluding hydrogens is 277 g/mol. The number of hydrogen-bond acceptors (Lipinski definition) is 2. The highest BCUT2D eigenvalue weighted by Gasteiger charge is 2.03. The predicted octanol–water partition coefficient (Wildman–Crippen LogP) is 3.86. The number of benzene rings is 1. The molecule has 1 aromatic rings. The monoisotopic (exact) mass is 291 g/mol. The van der Waals surface area contributed by atoms with E-state index in [0.717, 1.165) is 33.9 Å². The fourth-order valence-electron chi connectivity index (χ4n) is 1.18. The highest BCUT2D eigenvalue weighted by atomic mass is 79.9. The molecule has 0 spiro atoms. The Labute approximate surface area is 104 Å². The van der Waals surface area contributed by atoms with Crippen LogP contribution in [-0.2, 0) is 4.74 Å². The maximum Gasteiger partial charge on any atom is 0.0638 e. The molecule has 0 aliphatic heterocycles. The van der Waals surface area contributed by atoms with Crippen LogP contribution in [0.5, 0.6) is 0 Å². The highest BCUT2D eigenvalue weighted by molar-refractivity contribution is 9.10. The first-order chi connectivity index (χ1) is 7.15. The first-order valence-electron chi connectivity index (χ1n) is 4.92. The van der Waals surface area contributed by atoms with E-state index in [1.165, 1.54) is 0 Å². The molecule has 2 nitrogen and oxygen atoms in total. The lowest BCUT2D eigenvalue weighted by Gasteiger charge is -2.10. The molecular formula is C11H15BrClNO. The number of aryl methyl sites for hydroxylation is 1. The summed E-state index contributed by atoms with van der Waals surface area (Å²) < 4.78 is 6.27. The first kappa shape index (κ1) is 12.8. The maximum absolute atomic E-state index is 6.03. The summed E-state index contributed by atoms with van der Waals surface area (Å²) in [6, 6.07) is 3.93. The minimum Gasteiger partial charge on any atom is -0.382 e. The third-order valence-corrected chi connectivity index (χ3v) is 3.08. The van der Waals surface area contributed by atoms with Crippen molar-refractivity contribution in [1.29, 1.82) is 0 Å². The van der Waals surface area contributed by atoms with Crippen molar-refractivity contribution in [2.45, 2.75) is 13.8 Å². The Morgan fingerprint density at radius 1 is 1.47 bits per heavy atom. The second-order valence-electron chi connectivity index (χ2n) is 3.20. The zero-order valence-electron chi connectivity index (χ0n) is 8.94. The van der Waals surface area contributed by atoms with Crippen LogP contribution in [0.4, 0.5) is 5.69 Å². The molecule has 1 N–H and O–H groups in total. The van der Waals surface area contributed by atoms with Crippen LogP contribution in [0.1, 0.15) is 12.5 Å². The van der Waals surface area contributed by atoms with Gasteiger partial charge in [0.25, 0.3) is 0 Å². The Balaban J connectivity index is 2.57. The summed E-state index contributed by atoms with van der Waals surface area (Å²) in [6.07, 6.45) is 0. The number of anilines is 1. The number of hydrogen-bond donors (Lipinski definition) is 1. The molecule has 0 bridgehead atoms. The van der Waals surface area contributed by atoms with Gasteiger partial charge in [-0.2, -0.15) is 0 Å². The van der Waals surface area contributed by atoms with Crippen molar-refractivity contribution in [3.8, 4) is 0 Å². The van der Waals surface area contributed by atoms with Crippen molar-refractivity contribution in [3.63, 3.8) is 0 Å². The van der Waals surface area contributed by atoms with Crippen molar-refractivity contribution < 1.29 is 4.74 Å². The van der Waals surface area contributed by atoms with Gasteiger partial charge in [-0.25, -0.2) is 0 Å². The van der Waals surface area contributed by atoms with Gasteiger partial charge in [-0.3, -0.25) is 0 Å². The van der Waals surface area contributed by atoms with Gasteiger partial charge in [-0.05, 0) is 47.5 Å². The van der Waals surface area contributed by atoms with Crippen LogP contribution in [0.15, 0.2) is 16.6 Å². The molecule has 0 aromatic heterocycles. The molecule has 0 saturated carbocycles. The van der Waals surface area contributed by atoms with Crippen LogP contribution in [0.2, 0.25) is 5.02 Å². The third-order valence-electron chi connectivity index (χ3n) is 2.01. The van der Waals surface area contributed by atoms with E-state index in [1.807, 2.05) is 26.0 Å². The molecule has 15 heavy (non-hydrogen) atoms. The van der Waals surface area contributed by atoms with Crippen LogP contribution < -0.4 is 5.32 Å². The average molecular weight is 293 g/mol. The zero-order chi connectivity index (χ0) is 11.3. The highest BCUT2D eigenvalue weighted by Crippen LogP contribution is 2.28. The van der Waals surface area contributed by atoms with Crippen molar-refractivity contribution in [3.05, 3.63) is 27.2 Å². The van der Waals surface area contributed by atoms with Crippen LogP contribution in [0, 0.1) is 6.92 Å². The smallest absolute Gasteiger partial charge is 0.0638 e. The van der Waals surface area contributed by atoms with Crippen LogP contribution in [-0.4, -0.2) is 19.8 Å². The summed E-state index contributed by atoms with van der Waals surface area (Å²) >= 11 is 9.52. The zero-order valence-corrected chi connectivity index (χ0v) is 11.3. The van der Waals surface area contributed by atoms with E-state index in [4.69, 9.17) is 16.3 Å². The van der Waals surface area contributed by atoms with Crippen molar-refractivity contribution in [2.75, 3.05) is 25.1 Å². The number of halogens is 2. The van der Waals surface area contributed by atoms with Gasteiger partial charge in [0, 0.05) is 22.6 Å². The molecule has 0 atom stereocenters. The predicted molar refractivity (Wildman–Crippen MR) is 68.9 cm³/mol. The van der Waals surface area contributed by atoms with Crippen LogP contribution in [0.25, 0.3) is 0 Å². The number of nitrogens with one attached hydrogen (secondary N) is 1. The molecule has 84 valence electrons. The van der Waals surface area contributed by atoms with E-state index in [0.29, 0.717) is 6.61 Å². The second-order valence-corrected chi connectivity index (χ2v) is 4.47. The van der Waals surface area contributed by atoms with Gasteiger partial charge in [-0.1, -0.05) is 11.6 Å². The normalized spacial score (nSPS) is 10.4. The average Bonchev–Trinajstić information content (AvgIpc) is 2.20. The molecule has 0 aliphatic carbocycles. The summed E-state index contributed by atoms with van der Waals surface area (Å²) in [5.74, 6) is 0. The Kier molecular flexibility index (Phi) is 5.43.